The Bertz CT molecular complexity index is 687. The predicted molar refractivity (Wildman–Crippen MR) is 82.1 cm³/mol. The lowest BCUT2D eigenvalue weighted by atomic mass is 10.2. The van der Waals surface area contributed by atoms with E-state index in [-0.39, 0.29) is 29.2 Å². The van der Waals surface area contributed by atoms with E-state index in [9.17, 15) is 18.0 Å². The van der Waals surface area contributed by atoms with Crippen molar-refractivity contribution in [1.82, 2.24) is 10.2 Å². The Hall–Kier alpha value is -1.97. The van der Waals surface area contributed by atoms with E-state index in [4.69, 9.17) is 9.88 Å². The molecule has 1 aromatic rings. The van der Waals surface area contributed by atoms with Crippen LogP contribution in [0.1, 0.15) is 16.8 Å². The Kier molecular flexibility index (Phi) is 5.34. The van der Waals surface area contributed by atoms with Crippen molar-refractivity contribution in [3.63, 3.8) is 0 Å². The second-order valence-electron chi connectivity index (χ2n) is 5.28. The lowest BCUT2D eigenvalue weighted by Gasteiger charge is -2.16. The maximum atomic E-state index is 12.1. The Morgan fingerprint density at radius 2 is 2.04 bits per heavy atom. The molecule has 1 atom stereocenters. The zero-order valence-electron chi connectivity index (χ0n) is 12.7. The number of rotatable bonds is 6. The summed E-state index contributed by atoms with van der Waals surface area (Å²) >= 11 is 0. The summed E-state index contributed by atoms with van der Waals surface area (Å²) in [5.74, 6) is -0.394. The van der Waals surface area contributed by atoms with Crippen molar-refractivity contribution in [2.75, 3.05) is 26.8 Å². The number of nitrogens with zero attached hydrogens (tertiary/aromatic N) is 1. The summed E-state index contributed by atoms with van der Waals surface area (Å²) in [6.45, 7) is 1.37. The summed E-state index contributed by atoms with van der Waals surface area (Å²) in [7, 11) is -2.23. The second-order valence-corrected chi connectivity index (χ2v) is 6.84. The molecule has 2 amide bonds. The van der Waals surface area contributed by atoms with E-state index in [1.54, 1.807) is 12.0 Å². The number of methoxy groups -OCH3 is 1. The fourth-order valence-electron chi connectivity index (χ4n) is 2.35. The van der Waals surface area contributed by atoms with Crippen LogP contribution in [0, 0.1) is 0 Å². The molecule has 23 heavy (non-hydrogen) atoms. The summed E-state index contributed by atoms with van der Waals surface area (Å²) in [4.78, 5) is 25.5. The number of carbonyl (C=O) groups is 2. The molecule has 1 saturated heterocycles. The molecule has 9 heteroatoms. The van der Waals surface area contributed by atoms with Crippen LogP contribution >= 0.6 is 0 Å². The molecule has 0 radical (unpaired) electrons. The Morgan fingerprint density at radius 3 is 2.61 bits per heavy atom. The molecule has 1 aromatic carbocycles. The number of nitrogens with one attached hydrogen (secondary N) is 1. The third-order valence-corrected chi connectivity index (χ3v) is 4.49. The van der Waals surface area contributed by atoms with Gasteiger partial charge < -0.3 is 15.0 Å². The zero-order valence-corrected chi connectivity index (χ0v) is 13.5. The van der Waals surface area contributed by atoms with Crippen LogP contribution in [0.5, 0.6) is 0 Å². The van der Waals surface area contributed by atoms with Gasteiger partial charge in [0, 0.05) is 32.2 Å². The van der Waals surface area contributed by atoms with Crippen molar-refractivity contribution in [2.24, 2.45) is 5.14 Å². The Balaban J connectivity index is 1.96. The average Bonchev–Trinajstić information content (AvgIpc) is 2.84. The number of benzene rings is 1. The number of likely N-dealkylation sites (tertiary alicyclic amines) is 1. The highest BCUT2D eigenvalue weighted by Gasteiger charge is 2.30. The lowest BCUT2D eigenvalue weighted by Crippen LogP contribution is -2.37. The summed E-state index contributed by atoms with van der Waals surface area (Å²) < 4.78 is 27.3. The number of carbonyl (C=O) groups excluding carboxylic acids is 2. The van der Waals surface area contributed by atoms with Gasteiger partial charge in [-0.05, 0) is 24.3 Å². The van der Waals surface area contributed by atoms with Crippen LogP contribution in [0.4, 0.5) is 0 Å². The van der Waals surface area contributed by atoms with Gasteiger partial charge in [-0.2, -0.15) is 0 Å². The van der Waals surface area contributed by atoms with Crippen molar-refractivity contribution in [2.45, 2.75) is 17.4 Å². The highest BCUT2D eigenvalue weighted by molar-refractivity contribution is 7.89. The summed E-state index contributed by atoms with van der Waals surface area (Å²) in [6, 6.07) is 5.04. The van der Waals surface area contributed by atoms with Crippen LogP contribution in [0.25, 0.3) is 0 Å². The highest BCUT2D eigenvalue weighted by atomic mass is 32.2. The lowest BCUT2D eigenvalue weighted by molar-refractivity contribution is -0.128. The summed E-state index contributed by atoms with van der Waals surface area (Å²) in [5, 5.41) is 7.77. The van der Waals surface area contributed by atoms with Gasteiger partial charge in [-0.25, -0.2) is 13.6 Å². The molecule has 1 aliphatic rings. The van der Waals surface area contributed by atoms with E-state index in [0.717, 1.165) is 0 Å². The Morgan fingerprint density at radius 1 is 1.39 bits per heavy atom. The molecule has 3 N–H and O–H groups in total. The van der Waals surface area contributed by atoms with E-state index < -0.39 is 10.0 Å². The molecule has 8 nitrogen and oxygen atoms in total. The maximum absolute atomic E-state index is 12.1. The van der Waals surface area contributed by atoms with Crippen molar-refractivity contribution < 1.29 is 22.7 Å². The third kappa shape index (κ3) is 4.50. The minimum Gasteiger partial charge on any atom is -0.383 e. The predicted octanol–water partition coefficient (Wildman–Crippen LogP) is -0.689. The molecule has 1 heterocycles. The fourth-order valence-corrected chi connectivity index (χ4v) is 2.87. The molecule has 0 saturated carbocycles. The first-order valence-electron chi connectivity index (χ1n) is 7.01. The number of nitrogens with two attached hydrogens (primary N) is 1. The number of amides is 2. The fraction of sp³-hybridized carbons (Fsp3) is 0.429. The van der Waals surface area contributed by atoms with Crippen molar-refractivity contribution >= 4 is 21.8 Å². The van der Waals surface area contributed by atoms with Crippen LogP contribution in [0.15, 0.2) is 29.2 Å². The van der Waals surface area contributed by atoms with E-state index in [1.807, 2.05) is 0 Å². The monoisotopic (exact) mass is 341 g/mol. The van der Waals surface area contributed by atoms with Crippen LogP contribution in [-0.2, 0) is 19.6 Å². The number of hydrogen-bond acceptors (Lipinski definition) is 5. The molecule has 126 valence electrons. The first kappa shape index (κ1) is 17.4. The standard InChI is InChI=1S/C14H19N3O5S/c1-22-7-6-17-9-11(8-13(17)18)16-14(19)10-2-4-12(5-3-10)23(15,20)21/h2-5,11H,6-9H2,1H3,(H,16,19)(H2,15,20,21)/t11-/m1/s1. The van der Waals surface area contributed by atoms with Gasteiger partial charge in [0.25, 0.3) is 5.91 Å². The number of ether oxygens (including phenoxy) is 1. The molecule has 0 aromatic heterocycles. The molecule has 0 bridgehead atoms. The normalized spacial score (nSPS) is 18.3. The van der Waals surface area contributed by atoms with Gasteiger partial charge in [-0.15, -0.1) is 0 Å². The number of primary sulfonamides is 1. The van der Waals surface area contributed by atoms with Gasteiger partial charge in [0.05, 0.1) is 17.5 Å². The molecule has 1 fully saturated rings. The highest BCUT2D eigenvalue weighted by Crippen LogP contribution is 2.13. The van der Waals surface area contributed by atoms with Gasteiger partial charge in [0.15, 0.2) is 0 Å². The van der Waals surface area contributed by atoms with Gasteiger partial charge in [-0.1, -0.05) is 0 Å². The minimum absolute atomic E-state index is 0.0306. The summed E-state index contributed by atoms with van der Waals surface area (Å²) in [5.41, 5.74) is 0.306. The molecule has 2 rings (SSSR count). The Labute approximate surface area is 134 Å². The van der Waals surface area contributed by atoms with E-state index in [1.165, 1.54) is 24.3 Å². The van der Waals surface area contributed by atoms with Crippen LogP contribution in [0.2, 0.25) is 0 Å². The average molecular weight is 341 g/mol. The smallest absolute Gasteiger partial charge is 0.251 e. The van der Waals surface area contributed by atoms with Crippen molar-refractivity contribution in [3.8, 4) is 0 Å². The van der Waals surface area contributed by atoms with Crippen molar-refractivity contribution in [1.29, 1.82) is 0 Å². The molecular weight excluding hydrogens is 322 g/mol. The maximum Gasteiger partial charge on any atom is 0.251 e. The molecule has 0 unspecified atom stereocenters. The quantitative estimate of drug-likeness (QED) is 0.710. The first-order chi connectivity index (χ1) is 10.8. The molecule has 0 aliphatic carbocycles. The topological polar surface area (TPSA) is 119 Å². The van der Waals surface area contributed by atoms with E-state index in [0.29, 0.717) is 25.3 Å². The molecular formula is C14H19N3O5S. The SMILES string of the molecule is COCCN1C[C@H](NC(=O)c2ccc(S(N)(=O)=O)cc2)CC1=O. The van der Waals surface area contributed by atoms with E-state index >= 15 is 0 Å². The zero-order chi connectivity index (χ0) is 17.0. The first-order valence-corrected chi connectivity index (χ1v) is 8.56. The van der Waals surface area contributed by atoms with Crippen molar-refractivity contribution in [3.05, 3.63) is 29.8 Å². The molecule has 1 aliphatic heterocycles. The minimum atomic E-state index is -3.79. The van der Waals surface area contributed by atoms with Crippen LogP contribution < -0.4 is 10.5 Å². The molecule has 0 spiro atoms. The second kappa shape index (κ2) is 7.07. The van der Waals surface area contributed by atoms with Gasteiger partial charge >= 0.3 is 0 Å². The number of sulfonamides is 1. The van der Waals surface area contributed by atoms with E-state index in [2.05, 4.69) is 5.32 Å². The number of hydrogen-bond donors (Lipinski definition) is 2. The van der Waals surface area contributed by atoms with Crippen LogP contribution in [-0.4, -0.2) is 58.0 Å². The third-order valence-electron chi connectivity index (χ3n) is 3.56. The summed E-state index contributed by atoms with van der Waals surface area (Å²) in [6.07, 6.45) is 0.241. The van der Waals surface area contributed by atoms with Gasteiger partial charge in [0.1, 0.15) is 0 Å². The van der Waals surface area contributed by atoms with Gasteiger partial charge in [-0.3, -0.25) is 9.59 Å². The van der Waals surface area contributed by atoms with Gasteiger partial charge in [0.2, 0.25) is 15.9 Å². The van der Waals surface area contributed by atoms with Crippen LogP contribution in [0.3, 0.4) is 0 Å². The largest absolute Gasteiger partial charge is 0.383 e.